The van der Waals surface area contributed by atoms with Crippen molar-refractivity contribution in [1.82, 2.24) is 0 Å². The van der Waals surface area contributed by atoms with Gasteiger partial charge in [-0.25, -0.2) is 0 Å². The number of esters is 1. The van der Waals surface area contributed by atoms with Gasteiger partial charge in [0.25, 0.3) is 0 Å². The number of nitrogens with zero attached hydrogens (tertiary/aromatic N) is 1. The van der Waals surface area contributed by atoms with E-state index in [9.17, 15) is 4.79 Å². The second-order valence-electron chi connectivity index (χ2n) is 3.28. The monoisotopic (exact) mass is 329 g/mol. The molecule has 1 rings (SSSR count). The van der Waals surface area contributed by atoms with Crippen molar-refractivity contribution in [2.75, 3.05) is 7.11 Å². The van der Waals surface area contributed by atoms with Crippen molar-refractivity contribution in [3.63, 3.8) is 0 Å². The first-order valence-corrected chi connectivity index (χ1v) is 5.99. The molecule has 0 saturated heterocycles. The van der Waals surface area contributed by atoms with E-state index in [1.807, 2.05) is 13.0 Å². The number of hydrogen-bond acceptors (Lipinski definition) is 3. The highest BCUT2D eigenvalue weighted by molar-refractivity contribution is 14.1. The molecule has 0 spiro atoms. The van der Waals surface area contributed by atoms with Gasteiger partial charge >= 0.3 is 5.97 Å². The SMILES string of the molecule is CCc1c(CC(=O)OC)ccc(C#N)c1I. The lowest BCUT2D eigenvalue weighted by Crippen LogP contribution is -2.08. The van der Waals surface area contributed by atoms with Crippen LogP contribution in [0.5, 0.6) is 0 Å². The summed E-state index contributed by atoms with van der Waals surface area (Å²) in [7, 11) is 1.38. The highest BCUT2D eigenvalue weighted by Gasteiger charge is 2.12. The van der Waals surface area contributed by atoms with Gasteiger partial charge in [0.2, 0.25) is 0 Å². The molecule has 0 aliphatic rings. The highest BCUT2D eigenvalue weighted by atomic mass is 127. The number of carbonyl (C=O) groups excluding carboxylic acids is 1. The van der Waals surface area contributed by atoms with E-state index in [1.54, 1.807) is 6.07 Å². The van der Waals surface area contributed by atoms with Crippen LogP contribution in [0, 0.1) is 14.9 Å². The fourth-order valence-corrected chi connectivity index (χ4v) is 2.55. The Morgan fingerprint density at radius 2 is 2.25 bits per heavy atom. The van der Waals surface area contributed by atoms with Crippen LogP contribution >= 0.6 is 22.6 Å². The molecule has 0 heterocycles. The predicted octanol–water partition coefficient (Wildman–Crippen LogP) is 2.44. The second-order valence-corrected chi connectivity index (χ2v) is 4.36. The van der Waals surface area contributed by atoms with Crippen LogP contribution in [0.3, 0.4) is 0 Å². The maximum absolute atomic E-state index is 11.2. The summed E-state index contributed by atoms with van der Waals surface area (Å²) in [6.45, 7) is 2.01. The summed E-state index contributed by atoms with van der Waals surface area (Å²) in [5.41, 5.74) is 2.66. The van der Waals surface area contributed by atoms with Crippen molar-refractivity contribution in [2.24, 2.45) is 0 Å². The lowest BCUT2D eigenvalue weighted by atomic mass is 10.00. The quantitative estimate of drug-likeness (QED) is 0.632. The Morgan fingerprint density at radius 1 is 1.56 bits per heavy atom. The number of carbonyl (C=O) groups is 1. The van der Waals surface area contributed by atoms with E-state index >= 15 is 0 Å². The third-order valence-electron chi connectivity index (χ3n) is 2.38. The number of methoxy groups -OCH3 is 1. The average Bonchev–Trinajstić information content (AvgIpc) is 2.29. The molecule has 0 saturated carbocycles. The fraction of sp³-hybridized carbons (Fsp3) is 0.333. The van der Waals surface area contributed by atoms with Crippen molar-refractivity contribution >= 4 is 28.6 Å². The van der Waals surface area contributed by atoms with E-state index in [1.165, 1.54) is 7.11 Å². The average molecular weight is 329 g/mol. The zero-order valence-corrected chi connectivity index (χ0v) is 11.4. The van der Waals surface area contributed by atoms with Crippen LogP contribution in [-0.2, 0) is 22.4 Å². The number of halogens is 1. The first-order chi connectivity index (χ1) is 7.63. The van der Waals surface area contributed by atoms with Gasteiger partial charge in [-0.05, 0) is 46.2 Å². The number of benzene rings is 1. The maximum Gasteiger partial charge on any atom is 0.309 e. The van der Waals surface area contributed by atoms with E-state index in [-0.39, 0.29) is 12.4 Å². The molecule has 0 N–H and O–H groups in total. The third kappa shape index (κ3) is 2.73. The molecule has 16 heavy (non-hydrogen) atoms. The second kappa shape index (κ2) is 5.85. The van der Waals surface area contributed by atoms with Crippen molar-refractivity contribution < 1.29 is 9.53 Å². The number of ether oxygens (including phenoxy) is 1. The molecule has 0 aromatic heterocycles. The molecule has 0 aliphatic heterocycles. The largest absolute Gasteiger partial charge is 0.469 e. The van der Waals surface area contributed by atoms with Crippen LogP contribution in [0.4, 0.5) is 0 Å². The van der Waals surface area contributed by atoms with Crippen LogP contribution < -0.4 is 0 Å². The van der Waals surface area contributed by atoms with Gasteiger partial charge in [0.05, 0.1) is 19.1 Å². The van der Waals surface area contributed by atoms with Gasteiger partial charge in [0, 0.05) is 3.57 Å². The first-order valence-electron chi connectivity index (χ1n) is 4.91. The van der Waals surface area contributed by atoms with Gasteiger partial charge < -0.3 is 4.74 Å². The normalized spacial score (nSPS) is 9.62. The molecule has 0 amide bonds. The van der Waals surface area contributed by atoms with Crippen LogP contribution in [0.25, 0.3) is 0 Å². The van der Waals surface area contributed by atoms with Crippen molar-refractivity contribution in [2.45, 2.75) is 19.8 Å². The lowest BCUT2D eigenvalue weighted by molar-refractivity contribution is -0.139. The maximum atomic E-state index is 11.2. The Bertz CT molecular complexity index is 449. The minimum absolute atomic E-state index is 0.254. The van der Waals surface area contributed by atoms with Gasteiger partial charge in [-0.1, -0.05) is 13.0 Å². The fourth-order valence-electron chi connectivity index (χ4n) is 1.52. The molecule has 0 fully saturated rings. The zero-order valence-electron chi connectivity index (χ0n) is 9.21. The molecule has 0 radical (unpaired) electrons. The summed E-state index contributed by atoms with van der Waals surface area (Å²) in [5.74, 6) is -0.254. The molecule has 0 aliphatic carbocycles. The minimum Gasteiger partial charge on any atom is -0.469 e. The van der Waals surface area contributed by atoms with Crippen LogP contribution in [0.1, 0.15) is 23.6 Å². The Morgan fingerprint density at radius 3 is 2.75 bits per heavy atom. The molecule has 4 heteroatoms. The molecule has 0 unspecified atom stereocenters. The Hall–Kier alpha value is -1.09. The standard InChI is InChI=1S/C12H12INO2/c1-3-10-8(6-11(15)16-2)4-5-9(7-14)12(10)13/h4-5H,3,6H2,1-2H3. The molecule has 3 nitrogen and oxygen atoms in total. The predicted molar refractivity (Wildman–Crippen MR) is 69.0 cm³/mol. The van der Waals surface area contributed by atoms with Gasteiger partial charge in [0.1, 0.15) is 6.07 Å². The van der Waals surface area contributed by atoms with Crippen LogP contribution in [-0.4, -0.2) is 13.1 Å². The molecule has 0 atom stereocenters. The summed E-state index contributed by atoms with van der Waals surface area (Å²) in [6.07, 6.45) is 1.07. The smallest absolute Gasteiger partial charge is 0.309 e. The van der Waals surface area contributed by atoms with E-state index in [0.717, 1.165) is 21.1 Å². The molecular formula is C12H12INO2. The summed E-state index contributed by atoms with van der Waals surface area (Å²) in [6, 6.07) is 5.72. The summed E-state index contributed by atoms with van der Waals surface area (Å²) in [5, 5.41) is 8.91. The van der Waals surface area contributed by atoms with Crippen LogP contribution in [0.15, 0.2) is 12.1 Å². The van der Waals surface area contributed by atoms with E-state index in [4.69, 9.17) is 5.26 Å². The number of hydrogen-bond donors (Lipinski definition) is 0. The third-order valence-corrected chi connectivity index (χ3v) is 3.61. The highest BCUT2D eigenvalue weighted by Crippen LogP contribution is 2.22. The van der Waals surface area contributed by atoms with Crippen molar-refractivity contribution in [1.29, 1.82) is 5.26 Å². The first kappa shape index (κ1) is 13.0. The Balaban J connectivity index is 3.17. The number of rotatable bonds is 3. The van der Waals surface area contributed by atoms with Crippen molar-refractivity contribution in [3.8, 4) is 6.07 Å². The summed E-state index contributed by atoms with van der Waals surface area (Å²) in [4.78, 5) is 11.2. The van der Waals surface area contributed by atoms with Gasteiger partial charge in [-0.2, -0.15) is 5.26 Å². The van der Waals surface area contributed by atoms with Crippen molar-refractivity contribution in [3.05, 3.63) is 32.4 Å². The van der Waals surface area contributed by atoms with Gasteiger partial charge in [0.15, 0.2) is 0 Å². The Labute approximate surface area is 109 Å². The topological polar surface area (TPSA) is 50.1 Å². The molecule has 84 valence electrons. The van der Waals surface area contributed by atoms with Crippen LogP contribution in [0.2, 0.25) is 0 Å². The molecule has 0 bridgehead atoms. The summed E-state index contributed by atoms with van der Waals surface area (Å²) < 4.78 is 5.58. The zero-order chi connectivity index (χ0) is 12.1. The minimum atomic E-state index is -0.254. The molecule has 1 aromatic carbocycles. The van der Waals surface area contributed by atoms with Gasteiger partial charge in [-0.3, -0.25) is 4.79 Å². The lowest BCUT2D eigenvalue weighted by Gasteiger charge is -2.10. The molecular weight excluding hydrogens is 317 g/mol. The Kier molecular flexibility index (Phi) is 4.74. The van der Waals surface area contributed by atoms with E-state index in [2.05, 4.69) is 33.4 Å². The van der Waals surface area contributed by atoms with Gasteiger partial charge in [-0.15, -0.1) is 0 Å². The van der Waals surface area contributed by atoms with E-state index < -0.39 is 0 Å². The number of nitriles is 1. The summed E-state index contributed by atoms with van der Waals surface area (Å²) >= 11 is 2.15. The van der Waals surface area contributed by atoms with E-state index in [0.29, 0.717) is 5.56 Å². The molecule has 1 aromatic rings.